The molecule has 2 N–H and O–H groups in total. The molecule has 0 unspecified atom stereocenters. The van der Waals surface area contributed by atoms with E-state index in [0.29, 0.717) is 22.3 Å². The van der Waals surface area contributed by atoms with Gasteiger partial charge < -0.3 is 15.0 Å². The Kier molecular flexibility index (Phi) is 4.16. The molecule has 2 heterocycles. The Morgan fingerprint density at radius 3 is 2.71 bits per heavy atom. The summed E-state index contributed by atoms with van der Waals surface area (Å²) in [7, 11) is 1.32. The number of rotatable bonds is 3. The second-order valence-corrected chi connectivity index (χ2v) is 6.60. The molecule has 1 aliphatic carbocycles. The van der Waals surface area contributed by atoms with Gasteiger partial charge in [-0.2, -0.15) is 13.2 Å². The van der Waals surface area contributed by atoms with Crippen molar-refractivity contribution < 1.29 is 26.7 Å². The molecule has 0 atom stereocenters. The standard InChI is InChI=1S/C18H15F5N4O/c1-28-13-3-2-9(18(21,22)23)6-12(13)27-16-14-10-7-17(19,20)5-4-11(10)26-15(14)24-8-25-16/h2-3,6,8H,4-5,7H2,1H3,(H2,24,25,26,27). The third-order valence-corrected chi connectivity index (χ3v) is 4.74. The van der Waals surface area contributed by atoms with E-state index >= 15 is 0 Å². The molecular formula is C18H15F5N4O. The van der Waals surface area contributed by atoms with Crippen molar-refractivity contribution in [3.8, 4) is 5.75 Å². The molecule has 148 valence electrons. The van der Waals surface area contributed by atoms with Crippen LogP contribution in [0.1, 0.15) is 23.2 Å². The van der Waals surface area contributed by atoms with Crippen LogP contribution in [0.3, 0.4) is 0 Å². The van der Waals surface area contributed by atoms with Crippen molar-refractivity contribution >= 4 is 22.5 Å². The van der Waals surface area contributed by atoms with Crippen molar-refractivity contribution in [3.05, 3.63) is 41.3 Å². The van der Waals surface area contributed by atoms with Gasteiger partial charge in [0.25, 0.3) is 5.92 Å². The van der Waals surface area contributed by atoms with Gasteiger partial charge in [0, 0.05) is 18.5 Å². The van der Waals surface area contributed by atoms with E-state index in [1.807, 2.05) is 0 Å². The molecule has 0 radical (unpaired) electrons. The molecule has 4 rings (SSSR count). The SMILES string of the molecule is COc1ccc(C(F)(F)F)cc1Nc1ncnc2[nH]c3c(c12)CC(F)(F)CC3. The maximum atomic E-state index is 13.9. The maximum absolute atomic E-state index is 13.9. The second-order valence-electron chi connectivity index (χ2n) is 6.60. The van der Waals surface area contributed by atoms with E-state index in [2.05, 4.69) is 20.3 Å². The van der Waals surface area contributed by atoms with Crippen LogP contribution in [0.25, 0.3) is 11.0 Å². The van der Waals surface area contributed by atoms with Gasteiger partial charge in [0.1, 0.15) is 23.5 Å². The van der Waals surface area contributed by atoms with Gasteiger partial charge in [-0.25, -0.2) is 18.7 Å². The van der Waals surface area contributed by atoms with Crippen LogP contribution >= 0.6 is 0 Å². The molecule has 5 nitrogen and oxygen atoms in total. The second kappa shape index (κ2) is 6.32. The minimum absolute atomic E-state index is 0.0230. The highest BCUT2D eigenvalue weighted by Crippen LogP contribution is 2.40. The van der Waals surface area contributed by atoms with Crippen LogP contribution in [0.4, 0.5) is 33.5 Å². The molecule has 0 fully saturated rings. The van der Waals surface area contributed by atoms with Gasteiger partial charge in [-0.1, -0.05) is 0 Å². The molecule has 2 aromatic heterocycles. The zero-order chi connectivity index (χ0) is 20.1. The number of hydrogen-bond acceptors (Lipinski definition) is 4. The Morgan fingerprint density at radius 1 is 1.21 bits per heavy atom. The van der Waals surface area contributed by atoms with Crippen LogP contribution in [0.15, 0.2) is 24.5 Å². The fraction of sp³-hybridized carbons (Fsp3) is 0.333. The Labute approximate surface area is 155 Å². The number of H-pyrrole nitrogens is 1. The number of anilines is 2. The monoisotopic (exact) mass is 398 g/mol. The van der Waals surface area contributed by atoms with E-state index in [1.165, 1.54) is 19.5 Å². The average Bonchev–Trinajstić information content (AvgIpc) is 2.98. The lowest BCUT2D eigenvalue weighted by atomic mass is 9.93. The molecule has 3 aromatic rings. The lowest BCUT2D eigenvalue weighted by Crippen LogP contribution is -2.25. The number of nitrogens with one attached hydrogen (secondary N) is 2. The lowest BCUT2D eigenvalue weighted by molar-refractivity contribution is -0.137. The smallest absolute Gasteiger partial charge is 0.416 e. The molecule has 1 aliphatic rings. The summed E-state index contributed by atoms with van der Waals surface area (Å²) < 4.78 is 72.2. The number of ether oxygens (including phenoxy) is 1. The first kappa shape index (κ1) is 18.5. The van der Waals surface area contributed by atoms with Crippen molar-refractivity contribution in [1.82, 2.24) is 15.0 Å². The third kappa shape index (κ3) is 3.23. The van der Waals surface area contributed by atoms with Crippen LogP contribution in [-0.4, -0.2) is 28.0 Å². The predicted octanol–water partition coefficient (Wildman–Crippen LogP) is 4.85. The number of aromatic amines is 1. The minimum atomic E-state index is -4.54. The Bertz CT molecular complexity index is 1040. The zero-order valence-electron chi connectivity index (χ0n) is 14.6. The van der Waals surface area contributed by atoms with Crippen LogP contribution in [0, 0.1) is 0 Å². The van der Waals surface area contributed by atoms with Gasteiger partial charge in [-0.15, -0.1) is 0 Å². The Hall–Kier alpha value is -2.91. The number of hydrogen-bond donors (Lipinski definition) is 2. The fourth-order valence-corrected chi connectivity index (χ4v) is 3.40. The molecular weight excluding hydrogens is 383 g/mol. The molecule has 0 amide bonds. The summed E-state index contributed by atoms with van der Waals surface area (Å²) in [4.78, 5) is 11.2. The summed E-state index contributed by atoms with van der Waals surface area (Å²) in [5, 5.41) is 3.15. The van der Waals surface area contributed by atoms with Crippen molar-refractivity contribution in [3.63, 3.8) is 0 Å². The number of aromatic nitrogens is 3. The predicted molar refractivity (Wildman–Crippen MR) is 92.1 cm³/mol. The van der Waals surface area contributed by atoms with E-state index in [4.69, 9.17) is 4.74 Å². The maximum Gasteiger partial charge on any atom is 0.416 e. The summed E-state index contributed by atoms with van der Waals surface area (Å²) >= 11 is 0. The van der Waals surface area contributed by atoms with Crippen molar-refractivity contribution in [2.24, 2.45) is 0 Å². The highest BCUT2D eigenvalue weighted by atomic mass is 19.4. The van der Waals surface area contributed by atoms with E-state index in [1.54, 1.807) is 0 Å². The molecule has 10 heteroatoms. The number of nitrogens with zero attached hydrogens (tertiary/aromatic N) is 2. The van der Waals surface area contributed by atoms with E-state index in [9.17, 15) is 22.0 Å². The normalized spacial score (nSPS) is 16.1. The summed E-state index contributed by atoms with van der Waals surface area (Å²) in [6.45, 7) is 0. The Morgan fingerprint density at radius 2 is 2.00 bits per heavy atom. The summed E-state index contributed by atoms with van der Waals surface area (Å²) in [5.41, 5.74) is 0.519. The van der Waals surface area contributed by atoms with Crippen molar-refractivity contribution in [2.45, 2.75) is 31.4 Å². The van der Waals surface area contributed by atoms with E-state index < -0.39 is 24.1 Å². The van der Waals surface area contributed by atoms with Crippen LogP contribution < -0.4 is 10.1 Å². The number of alkyl halides is 5. The number of aryl methyl sites for hydroxylation is 1. The first-order chi connectivity index (χ1) is 13.2. The van der Waals surface area contributed by atoms with E-state index in [0.717, 1.165) is 12.1 Å². The zero-order valence-corrected chi connectivity index (χ0v) is 14.6. The van der Waals surface area contributed by atoms with Gasteiger partial charge in [-0.3, -0.25) is 0 Å². The molecule has 0 aliphatic heterocycles. The van der Waals surface area contributed by atoms with Crippen LogP contribution in [0.5, 0.6) is 5.75 Å². The molecule has 0 saturated carbocycles. The summed E-state index contributed by atoms with van der Waals surface area (Å²) in [6, 6.07) is 2.98. The third-order valence-electron chi connectivity index (χ3n) is 4.74. The quantitative estimate of drug-likeness (QED) is 0.619. The molecule has 28 heavy (non-hydrogen) atoms. The van der Waals surface area contributed by atoms with Crippen LogP contribution in [0.2, 0.25) is 0 Å². The largest absolute Gasteiger partial charge is 0.495 e. The molecule has 0 saturated heterocycles. The Balaban J connectivity index is 1.82. The number of fused-ring (bicyclic) bond motifs is 3. The fourth-order valence-electron chi connectivity index (χ4n) is 3.40. The number of benzene rings is 1. The van der Waals surface area contributed by atoms with Crippen LogP contribution in [-0.2, 0) is 19.0 Å². The summed E-state index contributed by atoms with van der Waals surface area (Å²) in [6.07, 6.45) is -3.93. The molecule has 1 aromatic carbocycles. The van der Waals surface area contributed by atoms with Gasteiger partial charge >= 0.3 is 6.18 Å². The van der Waals surface area contributed by atoms with Gasteiger partial charge in [0.2, 0.25) is 0 Å². The topological polar surface area (TPSA) is 62.8 Å². The van der Waals surface area contributed by atoms with Crippen molar-refractivity contribution in [2.75, 3.05) is 12.4 Å². The highest BCUT2D eigenvalue weighted by Gasteiger charge is 2.37. The average molecular weight is 398 g/mol. The van der Waals surface area contributed by atoms with Gasteiger partial charge in [-0.05, 0) is 30.2 Å². The van der Waals surface area contributed by atoms with Gasteiger partial charge in [0.15, 0.2) is 0 Å². The number of methoxy groups -OCH3 is 1. The van der Waals surface area contributed by atoms with Gasteiger partial charge in [0.05, 0.1) is 23.7 Å². The summed E-state index contributed by atoms with van der Waals surface area (Å²) in [5.74, 6) is -2.56. The first-order valence-corrected chi connectivity index (χ1v) is 8.42. The first-order valence-electron chi connectivity index (χ1n) is 8.42. The minimum Gasteiger partial charge on any atom is -0.495 e. The highest BCUT2D eigenvalue weighted by molar-refractivity contribution is 5.93. The lowest BCUT2D eigenvalue weighted by Gasteiger charge is -2.22. The van der Waals surface area contributed by atoms with Crippen molar-refractivity contribution in [1.29, 1.82) is 0 Å². The number of halogens is 5. The van der Waals surface area contributed by atoms with E-state index in [-0.39, 0.29) is 30.1 Å². The molecule has 0 spiro atoms. The molecule has 0 bridgehead atoms.